The van der Waals surface area contributed by atoms with Crippen molar-refractivity contribution in [3.8, 4) is 5.75 Å². The van der Waals surface area contributed by atoms with E-state index in [1.165, 1.54) is 36.4 Å². The fraction of sp³-hybridized carbons (Fsp3) is 0.316. The standard InChI is InChI=1S/C19H21N3O4/c1-21(17-10-7-13-5-3-4-6-15(13)17)12-19(23)20-16-9-8-14(22(24)25)11-18(16)26-2/h3-6,8-9,11,17H,7,10,12H2,1-2H3,(H,20,23). The van der Waals surface area contributed by atoms with E-state index in [0.717, 1.165) is 12.8 Å². The molecule has 1 aliphatic carbocycles. The number of nitrogens with zero attached hydrogens (tertiary/aromatic N) is 2. The van der Waals surface area contributed by atoms with Crippen LogP contribution in [-0.4, -0.2) is 36.4 Å². The number of amides is 1. The van der Waals surface area contributed by atoms with E-state index in [9.17, 15) is 14.9 Å². The Morgan fingerprint density at radius 3 is 2.85 bits per heavy atom. The summed E-state index contributed by atoms with van der Waals surface area (Å²) in [5.74, 6) is 0.0745. The maximum atomic E-state index is 12.4. The second-order valence-corrected chi connectivity index (χ2v) is 6.36. The molecule has 1 N–H and O–H groups in total. The summed E-state index contributed by atoms with van der Waals surface area (Å²) in [6, 6.07) is 12.6. The summed E-state index contributed by atoms with van der Waals surface area (Å²) in [5, 5.41) is 13.6. The van der Waals surface area contributed by atoms with E-state index < -0.39 is 4.92 Å². The number of anilines is 1. The Balaban J connectivity index is 1.67. The Kier molecular flexibility index (Phi) is 5.18. The summed E-state index contributed by atoms with van der Waals surface area (Å²) in [5.41, 5.74) is 2.94. The van der Waals surface area contributed by atoms with Crippen LogP contribution in [0, 0.1) is 10.1 Å². The van der Waals surface area contributed by atoms with E-state index in [1.54, 1.807) is 0 Å². The van der Waals surface area contributed by atoms with Gasteiger partial charge in [0.15, 0.2) is 0 Å². The zero-order valence-corrected chi connectivity index (χ0v) is 14.8. The number of aryl methyl sites for hydroxylation is 1. The van der Waals surface area contributed by atoms with Gasteiger partial charge in [0.05, 0.1) is 30.3 Å². The van der Waals surface area contributed by atoms with Gasteiger partial charge in [0.1, 0.15) is 5.75 Å². The summed E-state index contributed by atoms with van der Waals surface area (Å²) < 4.78 is 5.16. The predicted octanol–water partition coefficient (Wildman–Crippen LogP) is 3.16. The van der Waals surface area contributed by atoms with Crippen molar-refractivity contribution in [1.29, 1.82) is 0 Å². The molecule has 0 bridgehead atoms. The van der Waals surface area contributed by atoms with Gasteiger partial charge in [-0.15, -0.1) is 0 Å². The normalized spacial score (nSPS) is 15.6. The van der Waals surface area contributed by atoms with Gasteiger partial charge in [-0.3, -0.25) is 19.8 Å². The number of ether oxygens (including phenoxy) is 1. The van der Waals surface area contributed by atoms with Gasteiger partial charge in [0.2, 0.25) is 5.91 Å². The van der Waals surface area contributed by atoms with Crippen LogP contribution < -0.4 is 10.1 Å². The topological polar surface area (TPSA) is 84.7 Å². The second kappa shape index (κ2) is 7.53. The zero-order chi connectivity index (χ0) is 18.7. The summed E-state index contributed by atoms with van der Waals surface area (Å²) in [7, 11) is 3.34. The van der Waals surface area contributed by atoms with Gasteiger partial charge >= 0.3 is 0 Å². The van der Waals surface area contributed by atoms with Gasteiger partial charge in [0.25, 0.3) is 5.69 Å². The largest absolute Gasteiger partial charge is 0.494 e. The monoisotopic (exact) mass is 355 g/mol. The van der Waals surface area contributed by atoms with Crippen molar-refractivity contribution in [2.45, 2.75) is 18.9 Å². The smallest absolute Gasteiger partial charge is 0.273 e. The van der Waals surface area contributed by atoms with Gasteiger partial charge in [-0.2, -0.15) is 0 Å². The third kappa shape index (κ3) is 3.67. The number of likely N-dealkylation sites (N-methyl/N-ethyl adjacent to an activating group) is 1. The predicted molar refractivity (Wildman–Crippen MR) is 98.4 cm³/mol. The average Bonchev–Trinajstić information content (AvgIpc) is 3.06. The number of carbonyl (C=O) groups excluding carboxylic acids is 1. The molecule has 0 aliphatic heterocycles. The van der Waals surface area contributed by atoms with E-state index in [4.69, 9.17) is 4.74 Å². The number of hydrogen-bond donors (Lipinski definition) is 1. The summed E-state index contributed by atoms with van der Waals surface area (Å²) in [4.78, 5) is 24.8. The van der Waals surface area contributed by atoms with Crippen molar-refractivity contribution >= 4 is 17.3 Å². The summed E-state index contributed by atoms with van der Waals surface area (Å²) in [6.07, 6.45) is 2.01. The highest BCUT2D eigenvalue weighted by Crippen LogP contribution is 2.35. The van der Waals surface area contributed by atoms with Crippen LogP contribution in [0.4, 0.5) is 11.4 Å². The SMILES string of the molecule is COc1cc([N+](=O)[O-])ccc1NC(=O)CN(C)C1CCc2ccccc21. The van der Waals surface area contributed by atoms with Crippen molar-refractivity contribution in [3.05, 3.63) is 63.7 Å². The van der Waals surface area contributed by atoms with Crippen LogP contribution in [0.1, 0.15) is 23.6 Å². The van der Waals surface area contributed by atoms with Crippen LogP contribution in [-0.2, 0) is 11.2 Å². The molecule has 1 atom stereocenters. The van der Waals surface area contributed by atoms with Crippen LogP contribution in [0.2, 0.25) is 0 Å². The minimum atomic E-state index is -0.501. The first kappa shape index (κ1) is 17.9. The van der Waals surface area contributed by atoms with Gasteiger partial charge in [0, 0.05) is 12.1 Å². The third-order valence-electron chi connectivity index (χ3n) is 4.70. The Hall–Kier alpha value is -2.93. The quantitative estimate of drug-likeness (QED) is 0.635. The lowest BCUT2D eigenvalue weighted by atomic mass is 10.1. The number of nitro benzene ring substituents is 1. The van der Waals surface area contributed by atoms with Crippen molar-refractivity contribution < 1.29 is 14.5 Å². The number of hydrogen-bond acceptors (Lipinski definition) is 5. The van der Waals surface area contributed by atoms with Crippen LogP contribution >= 0.6 is 0 Å². The van der Waals surface area contributed by atoms with E-state index in [2.05, 4.69) is 17.4 Å². The number of fused-ring (bicyclic) bond motifs is 1. The lowest BCUT2D eigenvalue weighted by Crippen LogP contribution is -2.32. The van der Waals surface area contributed by atoms with Crippen LogP contribution in [0.3, 0.4) is 0 Å². The fourth-order valence-electron chi connectivity index (χ4n) is 3.42. The molecule has 0 aromatic heterocycles. The number of nitro groups is 1. The van der Waals surface area contributed by atoms with E-state index in [1.807, 2.05) is 24.1 Å². The molecule has 0 heterocycles. The first-order chi connectivity index (χ1) is 12.5. The lowest BCUT2D eigenvalue weighted by molar-refractivity contribution is -0.384. The third-order valence-corrected chi connectivity index (χ3v) is 4.70. The van der Waals surface area contributed by atoms with Crippen molar-refractivity contribution in [2.75, 3.05) is 26.0 Å². The molecule has 0 saturated carbocycles. The van der Waals surface area contributed by atoms with Gasteiger partial charge < -0.3 is 10.1 Å². The molecule has 7 heteroatoms. The number of non-ortho nitro benzene ring substituents is 1. The molecule has 0 radical (unpaired) electrons. The van der Waals surface area contributed by atoms with Gasteiger partial charge in [-0.1, -0.05) is 24.3 Å². The lowest BCUT2D eigenvalue weighted by Gasteiger charge is -2.24. The molecule has 0 spiro atoms. The van der Waals surface area contributed by atoms with Gasteiger partial charge in [-0.25, -0.2) is 0 Å². The molecule has 136 valence electrons. The Bertz CT molecular complexity index is 837. The fourth-order valence-corrected chi connectivity index (χ4v) is 3.42. The first-order valence-electron chi connectivity index (χ1n) is 8.40. The van der Waals surface area contributed by atoms with E-state index >= 15 is 0 Å². The molecular weight excluding hydrogens is 334 g/mol. The van der Waals surface area contributed by atoms with Crippen LogP contribution in [0.25, 0.3) is 0 Å². The molecule has 1 aliphatic rings. The van der Waals surface area contributed by atoms with Crippen LogP contribution in [0.5, 0.6) is 5.75 Å². The van der Waals surface area contributed by atoms with E-state index in [0.29, 0.717) is 5.69 Å². The minimum Gasteiger partial charge on any atom is -0.494 e. The van der Waals surface area contributed by atoms with Crippen molar-refractivity contribution in [3.63, 3.8) is 0 Å². The van der Waals surface area contributed by atoms with Gasteiger partial charge in [-0.05, 0) is 37.1 Å². The van der Waals surface area contributed by atoms with Crippen molar-refractivity contribution in [1.82, 2.24) is 4.90 Å². The molecule has 2 aromatic rings. The van der Waals surface area contributed by atoms with E-state index in [-0.39, 0.29) is 29.9 Å². The summed E-state index contributed by atoms with van der Waals surface area (Å²) in [6.45, 7) is 0.221. The maximum Gasteiger partial charge on any atom is 0.273 e. The highest BCUT2D eigenvalue weighted by Gasteiger charge is 2.26. The molecule has 7 nitrogen and oxygen atoms in total. The van der Waals surface area contributed by atoms with Crippen molar-refractivity contribution in [2.24, 2.45) is 0 Å². The Morgan fingerprint density at radius 2 is 2.12 bits per heavy atom. The zero-order valence-electron chi connectivity index (χ0n) is 14.8. The maximum absolute atomic E-state index is 12.4. The number of methoxy groups -OCH3 is 1. The number of nitrogens with one attached hydrogen (secondary N) is 1. The molecule has 1 amide bonds. The summed E-state index contributed by atoms with van der Waals surface area (Å²) >= 11 is 0. The van der Waals surface area contributed by atoms with Crippen LogP contribution in [0.15, 0.2) is 42.5 Å². The first-order valence-corrected chi connectivity index (χ1v) is 8.40. The molecule has 26 heavy (non-hydrogen) atoms. The average molecular weight is 355 g/mol. The second-order valence-electron chi connectivity index (χ2n) is 6.36. The molecule has 0 fully saturated rings. The molecule has 0 saturated heterocycles. The highest BCUT2D eigenvalue weighted by atomic mass is 16.6. The Morgan fingerprint density at radius 1 is 1.35 bits per heavy atom. The molecular formula is C19H21N3O4. The highest BCUT2D eigenvalue weighted by molar-refractivity contribution is 5.94. The Labute approximate surface area is 151 Å². The number of carbonyl (C=O) groups is 1. The minimum absolute atomic E-state index is 0.0838. The number of rotatable bonds is 6. The molecule has 2 aromatic carbocycles. The molecule has 1 unspecified atom stereocenters. The molecule has 3 rings (SSSR count). The number of benzene rings is 2.